The van der Waals surface area contributed by atoms with Gasteiger partial charge in [0.1, 0.15) is 16.8 Å². The van der Waals surface area contributed by atoms with Gasteiger partial charge in [-0.15, -0.1) is 20.4 Å². The number of halogens is 1. The van der Waals surface area contributed by atoms with Crippen LogP contribution in [0.1, 0.15) is 51.4 Å². The summed E-state index contributed by atoms with van der Waals surface area (Å²) in [5.41, 5.74) is 4.79. The molecule has 0 spiro atoms. The Balaban J connectivity index is 0.987. The van der Waals surface area contributed by atoms with E-state index in [2.05, 4.69) is 60.0 Å². The van der Waals surface area contributed by atoms with E-state index in [0.717, 1.165) is 42.6 Å². The van der Waals surface area contributed by atoms with E-state index >= 15 is 4.39 Å². The number of H-pyrrole nitrogens is 2. The summed E-state index contributed by atoms with van der Waals surface area (Å²) >= 11 is 0. The van der Waals surface area contributed by atoms with Crippen molar-refractivity contribution in [3.05, 3.63) is 85.6 Å². The molecule has 8 aromatic rings. The van der Waals surface area contributed by atoms with Gasteiger partial charge in [-0.3, -0.25) is 5.10 Å². The number of hydrogen-bond acceptors (Lipinski definition) is 12. The van der Waals surface area contributed by atoms with Crippen molar-refractivity contribution in [2.24, 2.45) is 0 Å². The molecule has 0 amide bonds. The molecule has 0 radical (unpaired) electrons. The molecule has 4 aliphatic rings. The van der Waals surface area contributed by atoms with Crippen LogP contribution in [0.2, 0.25) is 0 Å². The van der Waals surface area contributed by atoms with Crippen molar-refractivity contribution in [2.75, 3.05) is 23.9 Å². The Morgan fingerprint density at radius 1 is 0.738 bits per heavy atom. The topological polar surface area (TPSA) is 179 Å². The van der Waals surface area contributed by atoms with Gasteiger partial charge in [0.05, 0.1) is 34.7 Å². The highest BCUT2D eigenvalue weighted by molar-refractivity contribution is 6.01. The van der Waals surface area contributed by atoms with Gasteiger partial charge >= 0.3 is 0 Å². The third kappa shape index (κ3) is 6.14. The van der Waals surface area contributed by atoms with Crippen molar-refractivity contribution < 1.29 is 9.07 Å². The average Bonchev–Trinajstić information content (AvgIpc) is 4.16. The van der Waals surface area contributed by atoms with Crippen molar-refractivity contribution in [1.29, 1.82) is 0 Å². The maximum absolute atomic E-state index is 16.6. The SMILES string of the molecule is CN(c1ccc(-c2cc(F)c(-n3cccn3)c3c[n+](-c4cc(-n5cccn5)c5cn[nH]c5c4-c4ncc(N(C)C5C[C@H]6CC[C@@H](C5)N6)nn4)[nH]c23)nn1)C1C[C@H]2CC[C@@H](C1)N2. The van der Waals surface area contributed by atoms with Crippen LogP contribution in [0.4, 0.5) is 16.0 Å². The number of benzene rings is 2. The van der Waals surface area contributed by atoms with Gasteiger partial charge in [0, 0.05) is 92.1 Å². The summed E-state index contributed by atoms with van der Waals surface area (Å²) < 4.78 is 21.8. The lowest BCUT2D eigenvalue weighted by molar-refractivity contribution is -0.652. The minimum Gasteiger partial charge on any atom is -0.355 e. The van der Waals surface area contributed by atoms with E-state index in [0.29, 0.717) is 86.8 Å². The fourth-order valence-corrected chi connectivity index (χ4v) is 10.5. The Hall–Kier alpha value is -6.66. The van der Waals surface area contributed by atoms with Crippen LogP contribution in [0.15, 0.2) is 79.8 Å². The molecular formula is C43H45FN17+. The van der Waals surface area contributed by atoms with Gasteiger partial charge in [-0.25, -0.2) is 18.7 Å². The number of aromatic amines is 2. The van der Waals surface area contributed by atoms with Crippen LogP contribution in [-0.4, -0.2) is 111 Å². The molecule has 12 rings (SSSR count). The maximum Gasteiger partial charge on any atom is 0.251 e. The fourth-order valence-electron chi connectivity index (χ4n) is 10.5. The van der Waals surface area contributed by atoms with E-state index in [1.807, 2.05) is 41.3 Å². The summed E-state index contributed by atoms with van der Waals surface area (Å²) in [4.78, 5) is 9.41. The summed E-state index contributed by atoms with van der Waals surface area (Å²) in [7, 11) is 4.18. The minimum absolute atomic E-state index is 0.289. The first-order chi connectivity index (χ1) is 29.9. The maximum atomic E-state index is 16.6. The first-order valence-electron chi connectivity index (χ1n) is 21.2. The molecular weight excluding hydrogens is 774 g/mol. The smallest absolute Gasteiger partial charge is 0.251 e. The lowest BCUT2D eigenvalue weighted by Crippen LogP contribution is -2.47. The normalized spacial score (nSPS) is 23.3. The second-order valence-corrected chi connectivity index (χ2v) is 17.2. The van der Waals surface area contributed by atoms with Crippen molar-refractivity contribution in [3.63, 3.8) is 0 Å². The fraction of sp³-hybridized carbons (Fsp3) is 0.372. The molecule has 10 heterocycles. The lowest BCUT2D eigenvalue weighted by Gasteiger charge is -2.36. The Bertz CT molecular complexity index is 2850. The molecule has 4 saturated heterocycles. The van der Waals surface area contributed by atoms with Gasteiger partial charge in [0.15, 0.2) is 23.3 Å². The molecule has 6 aromatic heterocycles. The molecule has 4 N–H and O–H groups in total. The second-order valence-electron chi connectivity index (χ2n) is 17.2. The first-order valence-corrected chi connectivity index (χ1v) is 21.2. The highest BCUT2D eigenvalue weighted by atomic mass is 19.1. The van der Waals surface area contributed by atoms with Crippen LogP contribution in [0.3, 0.4) is 0 Å². The largest absolute Gasteiger partial charge is 0.355 e. The molecule has 308 valence electrons. The standard InChI is InChI=1S/C43H44FN17/c1-57(28-15-24-5-6-25(16-28)49-24)37-10-9-34(51-52-37)30-19-33(44)42(60-14-4-12-48-60)32-23-61(56-40(30)32)36-20-35(59-13-3-11-47-59)31-21-46-54-41(31)39(36)43-45-22-38(53-55-43)58(2)29-17-26-7-8-27(18-29)50-26/h3-4,9-14,19-29,49-50H,5-8,15-18H2,1-2H3,(H,45,46,54,55)/p+1/t24-,25+,26-,27+,28?,29?. The molecule has 6 atom stereocenters. The van der Waals surface area contributed by atoms with Crippen LogP contribution < -0.4 is 25.1 Å². The minimum atomic E-state index is -0.457. The third-order valence-corrected chi connectivity index (χ3v) is 13.6. The van der Waals surface area contributed by atoms with Crippen LogP contribution >= 0.6 is 0 Å². The van der Waals surface area contributed by atoms with Gasteiger partial charge in [-0.2, -0.15) is 20.4 Å². The molecule has 4 bridgehead atoms. The second kappa shape index (κ2) is 14.2. The number of hydrogen-bond donors (Lipinski definition) is 4. The van der Waals surface area contributed by atoms with Gasteiger partial charge in [0.2, 0.25) is 6.20 Å². The van der Waals surface area contributed by atoms with E-state index in [4.69, 9.17) is 25.4 Å². The van der Waals surface area contributed by atoms with E-state index < -0.39 is 5.82 Å². The predicted molar refractivity (Wildman–Crippen MR) is 226 cm³/mol. The zero-order valence-corrected chi connectivity index (χ0v) is 33.8. The molecule has 17 nitrogen and oxygen atoms in total. The summed E-state index contributed by atoms with van der Waals surface area (Å²) in [5.74, 6) is 1.45. The molecule has 4 fully saturated rings. The summed E-state index contributed by atoms with van der Waals surface area (Å²) in [6, 6.07) is 14.0. The molecule has 0 aliphatic carbocycles. The molecule has 4 aliphatic heterocycles. The van der Waals surface area contributed by atoms with Gasteiger partial charge in [0.25, 0.3) is 5.69 Å². The van der Waals surface area contributed by atoms with Crippen molar-refractivity contribution in [1.82, 2.24) is 70.9 Å². The zero-order chi connectivity index (χ0) is 40.8. The monoisotopic (exact) mass is 818 g/mol. The molecule has 0 saturated carbocycles. The van der Waals surface area contributed by atoms with E-state index in [1.54, 1.807) is 46.4 Å². The number of piperidine rings is 2. The van der Waals surface area contributed by atoms with Gasteiger partial charge in [-0.1, -0.05) is 4.68 Å². The van der Waals surface area contributed by atoms with E-state index in [-0.39, 0.29) is 5.69 Å². The summed E-state index contributed by atoms with van der Waals surface area (Å²) in [5, 5.41) is 48.1. The van der Waals surface area contributed by atoms with E-state index in [9.17, 15) is 0 Å². The third-order valence-electron chi connectivity index (χ3n) is 13.6. The van der Waals surface area contributed by atoms with Gasteiger partial charge < -0.3 is 20.4 Å². The number of nitrogens with zero attached hydrogens (tertiary/aromatic N) is 13. The van der Waals surface area contributed by atoms with Crippen molar-refractivity contribution in [2.45, 2.75) is 87.6 Å². The average molecular weight is 819 g/mol. The van der Waals surface area contributed by atoms with Crippen molar-refractivity contribution >= 4 is 33.4 Å². The number of anilines is 2. The Morgan fingerprint density at radius 3 is 2.03 bits per heavy atom. The predicted octanol–water partition coefficient (Wildman–Crippen LogP) is 4.58. The molecule has 2 unspecified atom stereocenters. The Morgan fingerprint density at radius 2 is 1.41 bits per heavy atom. The molecule has 61 heavy (non-hydrogen) atoms. The van der Waals surface area contributed by atoms with Crippen LogP contribution in [0, 0.1) is 5.82 Å². The quantitative estimate of drug-likeness (QED) is 0.149. The Labute approximate surface area is 349 Å². The van der Waals surface area contributed by atoms with Crippen LogP contribution in [-0.2, 0) is 0 Å². The summed E-state index contributed by atoms with van der Waals surface area (Å²) in [6.07, 6.45) is 21.6. The number of fused-ring (bicyclic) bond motifs is 6. The molecule has 18 heteroatoms. The van der Waals surface area contributed by atoms with E-state index in [1.165, 1.54) is 31.7 Å². The number of rotatable bonds is 9. The molecule has 2 aromatic carbocycles. The number of aromatic nitrogens is 13. The highest BCUT2D eigenvalue weighted by Crippen LogP contribution is 2.38. The van der Waals surface area contributed by atoms with Gasteiger partial charge in [-0.05, 0) is 81.7 Å². The van der Waals surface area contributed by atoms with Crippen LogP contribution in [0.5, 0.6) is 0 Å². The van der Waals surface area contributed by atoms with Crippen molar-refractivity contribution in [3.8, 4) is 39.7 Å². The Kier molecular flexibility index (Phi) is 8.45. The highest BCUT2D eigenvalue weighted by Gasteiger charge is 2.37. The number of nitrogens with one attached hydrogen (secondary N) is 4. The van der Waals surface area contributed by atoms with Crippen LogP contribution in [0.25, 0.3) is 61.5 Å². The first kappa shape index (κ1) is 36.2. The zero-order valence-electron chi connectivity index (χ0n) is 33.8. The summed E-state index contributed by atoms with van der Waals surface area (Å²) in [6.45, 7) is 0. The lowest BCUT2D eigenvalue weighted by atomic mass is 9.98.